The molecule has 1 amide bonds. The lowest BCUT2D eigenvalue weighted by Gasteiger charge is -2.35. The highest BCUT2D eigenvalue weighted by Gasteiger charge is 2.38. The molecule has 0 bridgehead atoms. The molecule has 0 saturated carbocycles. The Morgan fingerprint density at radius 3 is 1.93 bits per heavy atom. The van der Waals surface area contributed by atoms with Gasteiger partial charge in [0.2, 0.25) is 5.91 Å². The van der Waals surface area contributed by atoms with Gasteiger partial charge in [0.05, 0.1) is 34.1 Å². The fraction of sp³-hybridized carbons (Fsp3) is 0.789. The number of likely N-dealkylation sites (N-methyl/N-ethyl adjacent to an activating group) is 1. The molecule has 0 aromatic heterocycles. The fourth-order valence-corrected chi connectivity index (χ4v) is 2.42. The van der Waals surface area contributed by atoms with Crippen LogP contribution in [-0.2, 0) is 23.9 Å². The van der Waals surface area contributed by atoms with E-state index in [1.807, 2.05) is 13.8 Å². The van der Waals surface area contributed by atoms with Crippen molar-refractivity contribution in [1.82, 2.24) is 5.32 Å². The number of nitrogens with zero attached hydrogens (tertiary/aromatic N) is 1. The van der Waals surface area contributed by atoms with Gasteiger partial charge in [0.15, 0.2) is 0 Å². The summed E-state index contributed by atoms with van der Waals surface area (Å²) in [7, 11) is 5.28. The molecule has 0 saturated heterocycles. The summed E-state index contributed by atoms with van der Waals surface area (Å²) in [5, 5.41) is 31.7. The number of carboxylic acid groups (broad SMARTS) is 2. The predicted octanol–water partition coefficient (Wildman–Crippen LogP) is -1.72. The zero-order chi connectivity index (χ0) is 24.3. The SMILES string of the molecule is CC(C)CC(=O)OC(O)(CC(=O)[O-])C[N+](C)(C)C.CC(C)[C@H](NC(=O)CN)C(=O)O. The van der Waals surface area contributed by atoms with Crippen LogP contribution >= 0.6 is 0 Å². The van der Waals surface area contributed by atoms with Crippen LogP contribution < -0.4 is 16.2 Å². The Bertz CT molecular complexity index is 587. The fourth-order valence-electron chi connectivity index (χ4n) is 2.42. The zero-order valence-electron chi connectivity index (χ0n) is 18.9. The molecular formula is C19H37N3O8. The topological polar surface area (TPSA) is 179 Å². The first-order chi connectivity index (χ1) is 13.4. The molecule has 0 aromatic rings. The third-order valence-electron chi connectivity index (χ3n) is 3.46. The van der Waals surface area contributed by atoms with Crippen molar-refractivity contribution < 1.29 is 43.7 Å². The molecule has 1 unspecified atom stereocenters. The third kappa shape index (κ3) is 15.7. The van der Waals surface area contributed by atoms with Crippen molar-refractivity contribution in [1.29, 1.82) is 0 Å². The van der Waals surface area contributed by atoms with Crippen molar-refractivity contribution in [2.45, 2.75) is 52.4 Å². The summed E-state index contributed by atoms with van der Waals surface area (Å²) >= 11 is 0. The molecule has 2 atom stereocenters. The maximum absolute atomic E-state index is 11.5. The van der Waals surface area contributed by atoms with Gasteiger partial charge in [0.25, 0.3) is 5.79 Å². The van der Waals surface area contributed by atoms with E-state index < -0.39 is 42.1 Å². The summed E-state index contributed by atoms with van der Waals surface area (Å²) in [5.41, 5.74) is 5.02. The molecule has 0 aliphatic rings. The number of ether oxygens (including phenoxy) is 1. The number of aliphatic hydroxyl groups is 1. The lowest BCUT2D eigenvalue weighted by atomic mass is 10.1. The first-order valence-electron chi connectivity index (χ1n) is 9.59. The van der Waals surface area contributed by atoms with Crippen molar-refractivity contribution in [2.75, 3.05) is 34.2 Å². The standard InChI is InChI=1S/C12H23NO5.C7H14N2O3/c1-9(2)6-11(16)18-12(17,7-10(14)15)8-13(3,4)5;1-4(2)6(7(11)12)9-5(10)3-8/h9,17H,6-8H2,1-5H3;4,6H,3,8H2,1-2H3,(H,9,10)(H,11,12)/t;6-/m.0/s1. The highest BCUT2D eigenvalue weighted by atomic mass is 16.7. The summed E-state index contributed by atoms with van der Waals surface area (Å²) in [6, 6.07) is -0.846. The first-order valence-corrected chi connectivity index (χ1v) is 9.59. The van der Waals surface area contributed by atoms with E-state index in [0.29, 0.717) is 0 Å². The smallest absolute Gasteiger partial charge is 0.326 e. The molecule has 0 radical (unpaired) electrons. The van der Waals surface area contributed by atoms with Gasteiger partial charge < -0.3 is 40.4 Å². The minimum atomic E-state index is -2.02. The van der Waals surface area contributed by atoms with Crippen LogP contribution in [0.1, 0.15) is 40.5 Å². The van der Waals surface area contributed by atoms with E-state index in [-0.39, 0.29) is 35.8 Å². The summed E-state index contributed by atoms with van der Waals surface area (Å²) in [4.78, 5) is 43.4. The van der Waals surface area contributed by atoms with Crippen LogP contribution in [0.3, 0.4) is 0 Å². The van der Waals surface area contributed by atoms with E-state index in [9.17, 15) is 29.4 Å². The number of amides is 1. The largest absolute Gasteiger partial charge is 0.550 e. The summed E-state index contributed by atoms with van der Waals surface area (Å²) in [5.74, 6) is -5.64. The average molecular weight is 436 g/mol. The van der Waals surface area contributed by atoms with Crippen LogP contribution in [0.2, 0.25) is 0 Å². The molecule has 0 rings (SSSR count). The quantitative estimate of drug-likeness (QED) is 0.167. The van der Waals surface area contributed by atoms with E-state index in [2.05, 4.69) is 5.32 Å². The summed E-state index contributed by atoms with van der Waals surface area (Å²) in [6.07, 6.45) is -0.598. The normalized spacial score (nSPS) is 14.2. The minimum Gasteiger partial charge on any atom is -0.550 e. The number of esters is 1. The third-order valence-corrected chi connectivity index (χ3v) is 3.46. The summed E-state index contributed by atoms with van der Waals surface area (Å²) < 4.78 is 5.18. The number of carboxylic acids is 2. The molecule has 0 fully saturated rings. The molecule has 176 valence electrons. The first kappa shape index (κ1) is 30.0. The molecular weight excluding hydrogens is 398 g/mol. The van der Waals surface area contributed by atoms with E-state index in [4.69, 9.17) is 15.6 Å². The van der Waals surface area contributed by atoms with Crippen molar-refractivity contribution in [3.8, 4) is 0 Å². The second kappa shape index (κ2) is 13.1. The second-order valence-electron chi connectivity index (χ2n) is 8.85. The Hall–Kier alpha value is -2.24. The Labute approximate surface area is 177 Å². The van der Waals surface area contributed by atoms with Crippen molar-refractivity contribution in [3.05, 3.63) is 0 Å². The Kier molecular flexibility index (Phi) is 13.1. The van der Waals surface area contributed by atoms with Gasteiger partial charge in [-0.15, -0.1) is 0 Å². The monoisotopic (exact) mass is 435 g/mol. The maximum atomic E-state index is 11.5. The molecule has 30 heavy (non-hydrogen) atoms. The molecule has 0 aromatic carbocycles. The number of rotatable bonds is 11. The average Bonchev–Trinajstić information content (AvgIpc) is 2.47. The number of hydrogen-bond donors (Lipinski definition) is 4. The highest BCUT2D eigenvalue weighted by molar-refractivity contribution is 5.84. The molecule has 5 N–H and O–H groups in total. The Balaban J connectivity index is 0. The number of hydrogen-bond acceptors (Lipinski definition) is 8. The van der Waals surface area contributed by atoms with E-state index in [1.54, 1.807) is 35.0 Å². The predicted molar refractivity (Wildman–Crippen MR) is 106 cm³/mol. The van der Waals surface area contributed by atoms with Crippen molar-refractivity contribution in [3.63, 3.8) is 0 Å². The van der Waals surface area contributed by atoms with Gasteiger partial charge in [-0.1, -0.05) is 27.7 Å². The van der Waals surface area contributed by atoms with Crippen molar-refractivity contribution in [2.24, 2.45) is 17.6 Å². The maximum Gasteiger partial charge on any atom is 0.326 e. The molecule has 0 spiro atoms. The van der Waals surface area contributed by atoms with Gasteiger partial charge in [0.1, 0.15) is 12.6 Å². The minimum absolute atomic E-state index is 0.0230. The van der Waals surface area contributed by atoms with Crippen LogP contribution in [0.25, 0.3) is 0 Å². The van der Waals surface area contributed by atoms with Crippen molar-refractivity contribution >= 4 is 23.8 Å². The second-order valence-corrected chi connectivity index (χ2v) is 8.85. The van der Waals surface area contributed by atoms with Gasteiger partial charge in [-0.25, -0.2) is 4.79 Å². The van der Waals surface area contributed by atoms with Crippen LogP contribution in [0, 0.1) is 11.8 Å². The molecule has 0 heterocycles. The number of nitrogens with two attached hydrogens (primary N) is 1. The van der Waals surface area contributed by atoms with Gasteiger partial charge >= 0.3 is 11.9 Å². The van der Waals surface area contributed by atoms with E-state index in [0.717, 1.165) is 0 Å². The van der Waals surface area contributed by atoms with E-state index >= 15 is 0 Å². The zero-order valence-corrected chi connectivity index (χ0v) is 18.9. The van der Waals surface area contributed by atoms with Gasteiger partial charge in [0, 0.05) is 12.4 Å². The van der Waals surface area contributed by atoms with Crippen LogP contribution in [0.15, 0.2) is 0 Å². The molecule has 11 heteroatoms. The van der Waals surface area contributed by atoms with Crippen LogP contribution in [-0.4, -0.2) is 84.6 Å². The van der Waals surface area contributed by atoms with Gasteiger partial charge in [-0.2, -0.15) is 0 Å². The number of carbonyl (C=O) groups excluding carboxylic acids is 3. The van der Waals surface area contributed by atoms with Gasteiger partial charge in [-0.3, -0.25) is 9.59 Å². The Morgan fingerprint density at radius 2 is 1.63 bits per heavy atom. The number of carbonyl (C=O) groups is 4. The van der Waals surface area contributed by atoms with Crippen LogP contribution in [0.5, 0.6) is 0 Å². The molecule has 11 nitrogen and oxygen atoms in total. The lowest BCUT2D eigenvalue weighted by Crippen LogP contribution is -2.54. The summed E-state index contributed by atoms with van der Waals surface area (Å²) in [6.45, 7) is 6.89. The van der Waals surface area contributed by atoms with E-state index in [1.165, 1.54) is 0 Å². The van der Waals surface area contributed by atoms with Gasteiger partial charge in [-0.05, 0) is 11.8 Å². The number of quaternary nitrogens is 1. The Morgan fingerprint density at radius 1 is 1.13 bits per heavy atom. The molecule has 0 aliphatic heterocycles. The van der Waals surface area contributed by atoms with Crippen LogP contribution in [0.4, 0.5) is 0 Å². The number of aliphatic carboxylic acids is 2. The number of nitrogens with one attached hydrogen (secondary N) is 1. The lowest BCUT2D eigenvalue weighted by molar-refractivity contribution is -0.880. The molecule has 0 aliphatic carbocycles. The highest BCUT2D eigenvalue weighted by Crippen LogP contribution is 2.18.